The Kier molecular flexibility index (Phi) is 4.81. The van der Waals surface area contributed by atoms with Crippen molar-refractivity contribution in [3.05, 3.63) is 29.8 Å². The maximum atomic E-state index is 10.7. The predicted octanol–water partition coefficient (Wildman–Crippen LogP) is 1.27. The fraction of sp³-hybridized carbons (Fsp3) is 0.143. The Hall–Kier alpha value is 0.460. The van der Waals surface area contributed by atoms with Crippen LogP contribution in [-0.4, -0.2) is 38.0 Å². The fourth-order valence-corrected chi connectivity index (χ4v) is 1.47. The van der Waals surface area contributed by atoms with Gasteiger partial charge >= 0.3 is 29.6 Å². The monoisotopic (exact) mass is 214 g/mol. The van der Waals surface area contributed by atoms with Crippen LogP contribution in [0, 0.1) is 6.92 Å². The van der Waals surface area contributed by atoms with Gasteiger partial charge in [0.1, 0.15) is 0 Å². The van der Waals surface area contributed by atoms with Crippen LogP contribution in [0.5, 0.6) is 0 Å². The molecule has 0 aliphatic carbocycles. The van der Waals surface area contributed by atoms with E-state index in [1.54, 1.807) is 12.1 Å². The van der Waals surface area contributed by atoms with E-state index in [1.165, 1.54) is 12.1 Å². The molecule has 0 heterocycles. The SMILES string of the molecule is Cc1ccc(S(=O)(=O)Cl)cc1.[NaH]. The Labute approximate surface area is 98.6 Å². The second kappa shape index (κ2) is 4.63. The molecule has 0 atom stereocenters. The predicted molar refractivity (Wildman–Crippen MR) is 51.4 cm³/mol. The number of hydrogen-bond donors (Lipinski definition) is 0. The molecule has 2 nitrogen and oxygen atoms in total. The molecule has 5 heteroatoms. The summed E-state index contributed by atoms with van der Waals surface area (Å²) in [6.07, 6.45) is 0. The Bertz CT molecular complexity index is 344. The molecule has 0 saturated carbocycles. The van der Waals surface area contributed by atoms with E-state index < -0.39 is 9.05 Å². The van der Waals surface area contributed by atoms with E-state index in [0.29, 0.717) is 0 Å². The van der Waals surface area contributed by atoms with Gasteiger partial charge in [0, 0.05) is 10.7 Å². The maximum absolute atomic E-state index is 10.7. The Balaban J connectivity index is 0.00000121. The van der Waals surface area contributed by atoms with Crippen molar-refractivity contribution < 1.29 is 8.42 Å². The zero-order valence-corrected chi connectivity index (χ0v) is 7.48. The van der Waals surface area contributed by atoms with E-state index in [9.17, 15) is 8.42 Å². The molecular formula is C7H8ClNaO2S. The van der Waals surface area contributed by atoms with Gasteiger partial charge in [0.15, 0.2) is 0 Å². The van der Waals surface area contributed by atoms with E-state index in [4.69, 9.17) is 10.7 Å². The zero-order valence-electron chi connectivity index (χ0n) is 5.91. The van der Waals surface area contributed by atoms with Crippen molar-refractivity contribution in [2.75, 3.05) is 0 Å². The standard InChI is InChI=1S/C7H7ClO2S.Na.H/c1-6-2-4-7(5-3-6)11(8,9)10;;/h2-5H,1H3;;. The summed E-state index contributed by atoms with van der Waals surface area (Å²) in [7, 11) is 1.54. The van der Waals surface area contributed by atoms with Crippen molar-refractivity contribution in [3.8, 4) is 0 Å². The molecule has 12 heavy (non-hydrogen) atoms. The van der Waals surface area contributed by atoms with Crippen LogP contribution in [0.15, 0.2) is 29.2 Å². The molecule has 0 amide bonds. The van der Waals surface area contributed by atoms with Crippen LogP contribution >= 0.6 is 10.7 Å². The number of rotatable bonds is 1. The molecule has 0 N–H and O–H groups in total. The van der Waals surface area contributed by atoms with Crippen LogP contribution in [0.3, 0.4) is 0 Å². The molecule has 0 aliphatic heterocycles. The Morgan fingerprint density at radius 1 is 1.17 bits per heavy atom. The van der Waals surface area contributed by atoms with Gasteiger partial charge < -0.3 is 0 Å². The Morgan fingerprint density at radius 3 is 1.92 bits per heavy atom. The van der Waals surface area contributed by atoms with Gasteiger partial charge in [-0.15, -0.1) is 0 Å². The third-order valence-electron chi connectivity index (χ3n) is 1.30. The van der Waals surface area contributed by atoms with E-state index in [2.05, 4.69) is 0 Å². The average molecular weight is 215 g/mol. The third-order valence-corrected chi connectivity index (χ3v) is 2.67. The molecule has 0 saturated heterocycles. The number of benzene rings is 1. The summed E-state index contributed by atoms with van der Waals surface area (Å²) >= 11 is 0. The number of halogens is 1. The van der Waals surface area contributed by atoms with Gasteiger partial charge in [0.05, 0.1) is 4.90 Å². The van der Waals surface area contributed by atoms with Gasteiger partial charge in [-0.05, 0) is 19.1 Å². The van der Waals surface area contributed by atoms with Crippen molar-refractivity contribution in [1.29, 1.82) is 0 Å². The summed E-state index contributed by atoms with van der Waals surface area (Å²) in [6.45, 7) is 1.88. The molecule has 1 aromatic carbocycles. The summed E-state index contributed by atoms with van der Waals surface area (Å²) in [5, 5.41) is 0. The summed E-state index contributed by atoms with van der Waals surface area (Å²) in [4.78, 5) is 0.143. The van der Waals surface area contributed by atoms with E-state index in [1.807, 2.05) is 6.92 Å². The van der Waals surface area contributed by atoms with Crippen molar-refractivity contribution in [3.63, 3.8) is 0 Å². The van der Waals surface area contributed by atoms with Gasteiger partial charge in [-0.1, -0.05) is 17.7 Å². The van der Waals surface area contributed by atoms with Crippen LogP contribution in [-0.2, 0) is 9.05 Å². The Morgan fingerprint density at radius 2 is 1.58 bits per heavy atom. The molecule has 1 rings (SSSR count). The van der Waals surface area contributed by atoms with E-state index in [0.717, 1.165) is 5.56 Å². The molecule has 62 valence electrons. The second-order valence-corrected chi connectivity index (χ2v) is 4.82. The van der Waals surface area contributed by atoms with Gasteiger partial charge in [-0.3, -0.25) is 0 Å². The first-order valence-electron chi connectivity index (χ1n) is 3.01. The molecule has 0 aliphatic rings. The molecule has 0 unspecified atom stereocenters. The van der Waals surface area contributed by atoms with Gasteiger partial charge in [0.2, 0.25) is 0 Å². The molecule has 0 bridgehead atoms. The topological polar surface area (TPSA) is 34.1 Å². The van der Waals surface area contributed by atoms with Gasteiger partial charge in [-0.25, -0.2) is 8.42 Å². The fourth-order valence-electron chi connectivity index (χ4n) is 0.701. The molecule has 0 spiro atoms. The molecule has 0 aromatic heterocycles. The molecule has 1 aromatic rings. The first-order valence-corrected chi connectivity index (χ1v) is 5.32. The number of aryl methyl sites for hydroxylation is 1. The third kappa shape index (κ3) is 3.46. The van der Waals surface area contributed by atoms with Crippen molar-refractivity contribution in [2.24, 2.45) is 0 Å². The van der Waals surface area contributed by atoms with Crippen molar-refractivity contribution in [1.82, 2.24) is 0 Å². The summed E-state index contributed by atoms with van der Waals surface area (Å²) in [5.41, 5.74) is 1.01. The second-order valence-electron chi connectivity index (χ2n) is 2.25. The first kappa shape index (κ1) is 12.5. The first-order chi connectivity index (χ1) is 5.00. The van der Waals surface area contributed by atoms with E-state index in [-0.39, 0.29) is 34.5 Å². The average Bonchev–Trinajstić information content (AvgIpc) is 1.86. The summed E-state index contributed by atoms with van der Waals surface area (Å²) < 4.78 is 21.4. The van der Waals surface area contributed by atoms with Crippen LogP contribution < -0.4 is 0 Å². The van der Waals surface area contributed by atoms with Crippen LogP contribution in [0.25, 0.3) is 0 Å². The van der Waals surface area contributed by atoms with Crippen molar-refractivity contribution in [2.45, 2.75) is 11.8 Å². The molecule has 0 fully saturated rings. The molecular weight excluding hydrogens is 207 g/mol. The summed E-state index contributed by atoms with van der Waals surface area (Å²) in [5.74, 6) is 0. The molecule has 0 radical (unpaired) electrons. The minimum atomic E-state index is -3.55. The number of hydrogen-bond acceptors (Lipinski definition) is 2. The quantitative estimate of drug-likeness (QED) is 0.521. The minimum absolute atomic E-state index is 0. The normalized spacial score (nSPS) is 10.5. The van der Waals surface area contributed by atoms with Crippen LogP contribution in [0.4, 0.5) is 0 Å². The van der Waals surface area contributed by atoms with Crippen LogP contribution in [0.2, 0.25) is 0 Å². The van der Waals surface area contributed by atoms with Gasteiger partial charge in [-0.2, -0.15) is 0 Å². The zero-order chi connectivity index (χ0) is 8.48. The summed E-state index contributed by atoms with van der Waals surface area (Å²) in [6, 6.07) is 6.37. The van der Waals surface area contributed by atoms with Crippen molar-refractivity contribution >= 4 is 49.3 Å². The van der Waals surface area contributed by atoms with Gasteiger partial charge in [0.25, 0.3) is 9.05 Å². The van der Waals surface area contributed by atoms with Crippen LogP contribution in [0.1, 0.15) is 5.56 Å². The van der Waals surface area contributed by atoms with E-state index >= 15 is 0 Å².